The van der Waals surface area contributed by atoms with Gasteiger partial charge >= 0.3 is 0 Å². The molecule has 1 aromatic heterocycles. The Morgan fingerprint density at radius 3 is 2.44 bits per heavy atom. The van der Waals surface area contributed by atoms with Gasteiger partial charge in [0.2, 0.25) is 17.7 Å². The van der Waals surface area contributed by atoms with Crippen molar-refractivity contribution in [1.29, 1.82) is 0 Å². The molecule has 1 saturated heterocycles. The molecular formula is C25H28N4O3. The summed E-state index contributed by atoms with van der Waals surface area (Å²) in [5.41, 5.74) is 2.77. The van der Waals surface area contributed by atoms with Crippen LogP contribution in [0.1, 0.15) is 25.3 Å². The molecule has 7 nitrogen and oxygen atoms in total. The summed E-state index contributed by atoms with van der Waals surface area (Å²) in [7, 11) is 0. The van der Waals surface area contributed by atoms with Crippen molar-refractivity contribution >= 4 is 34.3 Å². The van der Waals surface area contributed by atoms with Gasteiger partial charge in [-0.1, -0.05) is 36.4 Å². The Morgan fingerprint density at radius 2 is 1.72 bits per heavy atom. The Labute approximate surface area is 187 Å². The number of anilines is 1. The summed E-state index contributed by atoms with van der Waals surface area (Å²) in [6.07, 6.45) is 3.51. The van der Waals surface area contributed by atoms with Crippen LogP contribution in [0, 0.1) is 5.92 Å². The number of benzene rings is 2. The van der Waals surface area contributed by atoms with E-state index in [1.165, 1.54) is 6.92 Å². The molecule has 1 fully saturated rings. The fraction of sp³-hybridized carbons (Fsp3) is 0.320. The maximum absolute atomic E-state index is 13.3. The fourth-order valence-corrected chi connectivity index (χ4v) is 4.31. The van der Waals surface area contributed by atoms with E-state index in [4.69, 9.17) is 0 Å². The average Bonchev–Trinajstić information content (AvgIpc) is 3.21. The Morgan fingerprint density at radius 1 is 1.03 bits per heavy atom. The molecule has 166 valence electrons. The van der Waals surface area contributed by atoms with Gasteiger partial charge in [0.1, 0.15) is 6.04 Å². The quantitative estimate of drug-likeness (QED) is 0.559. The predicted octanol–water partition coefficient (Wildman–Crippen LogP) is 3.09. The maximum Gasteiger partial charge on any atom is 0.245 e. The summed E-state index contributed by atoms with van der Waals surface area (Å²) >= 11 is 0. The van der Waals surface area contributed by atoms with E-state index in [1.54, 1.807) is 4.90 Å². The van der Waals surface area contributed by atoms with Crippen LogP contribution in [0.15, 0.2) is 60.8 Å². The van der Waals surface area contributed by atoms with E-state index >= 15 is 0 Å². The zero-order valence-electron chi connectivity index (χ0n) is 18.1. The third-order valence-corrected chi connectivity index (χ3v) is 5.99. The molecule has 0 radical (unpaired) electrons. The summed E-state index contributed by atoms with van der Waals surface area (Å²) in [5, 5.41) is 6.82. The van der Waals surface area contributed by atoms with Crippen molar-refractivity contribution in [1.82, 2.24) is 15.2 Å². The zero-order valence-corrected chi connectivity index (χ0v) is 18.1. The van der Waals surface area contributed by atoms with Gasteiger partial charge in [0.05, 0.1) is 0 Å². The molecule has 0 bridgehead atoms. The second-order valence-electron chi connectivity index (χ2n) is 8.27. The van der Waals surface area contributed by atoms with Crippen LogP contribution in [0.25, 0.3) is 10.9 Å². The number of para-hydroxylation sites is 2. The first-order valence-corrected chi connectivity index (χ1v) is 11.0. The molecule has 2 heterocycles. The Bertz CT molecular complexity index is 1100. The summed E-state index contributed by atoms with van der Waals surface area (Å²) in [4.78, 5) is 42.6. The van der Waals surface area contributed by atoms with Crippen LogP contribution in [0.5, 0.6) is 0 Å². The topological polar surface area (TPSA) is 94.3 Å². The molecule has 2 aromatic carbocycles. The summed E-state index contributed by atoms with van der Waals surface area (Å²) in [6, 6.07) is 16.7. The first-order valence-electron chi connectivity index (χ1n) is 11.0. The summed E-state index contributed by atoms with van der Waals surface area (Å²) in [6.45, 7) is 2.42. The van der Waals surface area contributed by atoms with Crippen LogP contribution >= 0.6 is 0 Å². The Kier molecular flexibility index (Phi) is 6.54. The van der Waals surface area contributed by atoms with Crippen LogP contribution < -0.4 is 10.6 Å². The highest BCUT2D eigenvalue weighted by Crippen LogP contribution is 2.23. The van der Waals surface area contributed by atoms with Gasteiger partial charge in [0, 0.05) is 55.1 Å². The number of piperidine rings is 1. The van der Waals surface area contributed by atoms with E-state index < -0.39 is 6.04 Å². The second kappa shape index (κ2) is 9.68. The summed E-state index contributed by atoms with van der Waals surface area (Å²) < 4.78 is 0. The molecule has 7 heteroatoms. The number of rotatable bonds is 6. The minimum absolute atomic E-state index is 0.0134. The van der Waals surface area contributed by atoms with Crippen LogP contribution in [0.4, 0.5) is 5.69 Å². The second-order valence-corrected chi connectivity index (χ2v) is 8.27. The zero-order chi connectivity index (χ0) is 22.5. The third kappa shape index (κ3) is 4.99. The highest BCUT2D eigenvalue weighted by Gasteiger charge is 2.31. The van der Waals surface area contributed by atoms with E-state index in [0.717, 1.165) is 22.2 Å². The SMILES string of the molecule is CC(=O)NC(Cc1c[nH]c2ccccc12)C(=O)N1CCC(C(=O)Nc2ccccc2)CC1. The van der Waals surface area contributed by atoms with Gasteiger partial charge < -0.3 is 20.5 Å². The van der Waals surface area contributed by atoms with Crippen molar-refractivity contribution in [2.75, 3.05) is 18.4 Å². The number of likely N-dealkylation sites (tertiary alicyclic amines) is 1. The third-order valence-electron chi connectivity index (χ3n) is 5.99. The van der Waals surface area contributed by atoms with Crippen LogP contribution in [0.2, 0.25) is 0 Å². The summed E-state index contributed by atoms with van der Waals surface area (Å²) in [5.74, 6) is -0.486. The standard InChI is InChI=1S/C25H28N4O3/c1-17(30)27-23(15-19-16-26-22-10-6-5-9-21(19)22)25(32)29-13-11-18(12-14-29)24(31)28-20-7-3-2-4-8-20/h2-10,16,18,23,26H,11-15H2,1H3,(H,27,30)(H,28,31). The number of aromatic nitrogens is 1. The van der Waals surface area contributed by atoms with Gasteiger partial charge in [-0.25, -0.2) is 0 Å². The van der Waals surface area contributed by atoms with Crippen LogP contribution in [0.3, 0.4) is 0 Å². The van der Waals surface area contributed by atoms with Crippen molar-refractivity contribution in [3.8, 4) is 0 Å². The van der Waals surface area contributed by atoms with Gasteiger partial charge in [0.25, 0.3) is 0 Å². The van der Waals surface area contributed by atoms with E-state index in [2.05, 4.69) is 15.6 Å². The number of carbonyl (C=O) groups excluding carboxylic acids is 3. The molecule has 0 saturated carbocycles. The highest BCUT2D eigenvalue weighted by atomic mass is 16.2. The number of aromatic amines is 1. The van der Waals surface area contributed by atoms with E-state index in [0.29, 0.717) is 32.4 Å². The number of hydrogen-bond acceptors (Lipinski definition) is 3. The van der Waals surface area contributed by atoms with Crippen LogP contribution in [-0.2, 0) is 20.8 Å². The number of fused-ring (bicyclic) bond motifs is 1. The number of H-pyrrole nitrogens is 1. The van der Waals surface area contributed by atoms with Gasteiger partial charge in [-0.05, 0) is 36.6 Å². The monoisotopic (exact) mass is 432 g/mol. The molecule has 1 unspecified atom stereocenters. The van der Waals surface area contributed by atoms with E-state index in [1.807, 2.05) is 60.8 Å². The molecule has 3 amide bonds. The molecule has 0 spiro atoms. The first kappa shape index (κ1) is 21.6. The number of amides is 3. The normalized spacial score (nSPS) is 15.3. The maximum atomic E-state index is 13.3. The molecule has 4 rings (SSSR count). The minimum Gasteiger partial charge on any atom is -0.361 e. The smallest absolute Gasteiger partial charge is 0.245 e. The molecule has 1 atom stereocenters. The largest absolute Gasteiger partial charge is 0.361 e. The first-order chi connectivity index (χ1) is 15.5. The van der Waals surface area contributed by atoms with E-state index in [-0.39, 0.29) is 23.6 Å². The van der Waals surface area contributed by atoms with Crippen molar-refractivity contribution in [2.45, 2.75) is 32.2 Å². The van der Waals surface area contributed by atoms with Crippen molar-refractivity contribution in [3.63, 3.8) is 0 Å². The molecule has 1 aliphatic rings. The fourth-order valence-electron chi connectivity index (χ4n) is 4.31. The van der Waals surface area contributed by atoms with Gasteiger partial charge in [-0.3, -0.25) is 14.4 Å². The minimum atomic E-state index is -0.638. The lowest BCUT2D eigenvalue weighted by molar-refractivity contribution is -0.138. The highest BCUT2D eigenvalue weighted by molar-refractivity contribution is 5.93. The lowest BCUT2D eigenvalue weighted by Gasteiger charge is -2.34. The molecular weight excluding hydrogens is 404 g/mol. The van der Waals surface area contributed by atoms with E-state index in [9.17, 15) is 14.4 Å². The molecule has 3 aromatic rings. The van der Waals surface area contributed by atoms with Crippen molar-refractivity contribution < 1.29 is 14.4 Å². The molecule has 0 aliphatic carbocycles. The lowest BCUT2D eigenvalue weighted by atomic mass is 9.94. The molecule has 3 N–H and O–H groups in total. The van der Waals surface area contributed by atoms with Gasteiger partial charge in [-0.15, -0.1) is 0 Å². The molecule has 32 heavy (non-hydrogen) atoms. The number of carbonyl (C=O) groups is 3. The van der Waals surface area contributed by atoms with Gasteiger partial charge in [-0.2, -0.15) is 0 Å². The van der Waals surface area contributed by atoms with Crippen molar-refractivity contribution in [2.24, 2.45) is 5.92 Å². The lowest BCUT2D eigenvalue weighted by Crippen LogP contribution is -2.52. The van der Waals surface area contributed by atoms with Crippen LogP contribution in [-0.4, -0.2) is 46.7 Å². The Hall–Kier alpha value is -3.61. The average molecular weight is 433 g/mol. The predicted molar refractivity (Wildman–Crippen MR) is 124 cm³/mol. The van der Waals surface area contributed by atoms with Gasteiger partial charge in [0.15, 0.2) is 0 Å². The molecule has 1 aliphatic heterocycles. The number of nitrogens with zero attached hydrogens (tertiary/aromatic N) is 1. The number of nitrogens with one attached hydrogen (secondary N) is 3. The Balaban J connectivity index is 1.39. The van der Waals surface area contributed by atoms with Crippen molar-refractivity contribution in [3.05, 3.63) is 66.4 Å². The number of hydrogen-bond donors (Lipinski definition) is 3.